The zero-order valence-corrected chi connectivity index (χ0v) is 6.72. The Bertz CT molecular complexity index is 320. The van der Waals surface area contributed by atoms with Crippen molar-refractivity contribution in [1.82, 2.24) is 4.98 Å². The molecular formula is C6H7N2O2S. The minimum Gasteiger partial charge on any atom is -0.284 e. The number of nitrogens with zero attached hydrogens (tertiary/aromatic N) is 1. The quantitative estimate of drug-likeness (QED) is 0.694. The molecule has 1 N–H and O–H groups in total. The molecule has 0 bridgehead atoms. The van der Waals surface area contributed by atoms with E-state index in [9.17, 15) is 8.42 Å². The van der Waals surface area contributed by atoms with Crippen molar-refractivity contribution in [2.45, 2.75) is 0 Å². The van der Waals surface area contributed by atoms with Crippen LogP contribution in [0.25, 0.3) is 0 Å². The third-order valence-corrected chi connectivity index (χ3v) is 1.53. The highest BCUT2D eigenvalue weighted by molar-refractivity contribution is 7.92. The highest BCUT2D eigenvalue weighted by atomic mass is 32.2. The standard InChI is InChI=1S/C6H7N2O2S/c1-11(9,10)8-6-2-4-7-5-3-6/h2-4H,1H3,(H,7,8). The smallest absolute Gasteiger partial charge is 0.229 e. The maximum absolute atomic E-state index is 10.7. The van der Waals surface area contributed by atoms with E-state index in [0.717, 1.165) is 6.26 Å². The van der Waals surface area contributed by atoms with Crippen LogP contribution in [0.15, 0.2) is 18.3 Å². The van der Waals surface area contributed by atoms with Gasteiger partial charge in [0.05, 0.1) is 18.1 Å². The van der Waals surface area contributed by atoms with Gasteiger partial charge in [-0.15, -0.1) is 0 Å². The average molecular weight is 171 g/mol. The van der Waals surface area contributed by atoms with Crippen LogP contribution in [-0.4, -0.2) is 19.7 Å². The first-order chi connectivity index (χ1) is 5.08. The van der Waals surface area contributed by atoms with Crippen molar-refractivity contribution in [3.63, 3.8) is 0 Å². The summed E-state index contributed by atoms with van der Waals surface area (Å²) in [6.07, 6.45) is 5.06. The van der Waals surface area contributed by atoms with Gasteiger partial charge in [-0.1, -0.05) is 0 Å². The lowest BCUT2D eigenvalue weighted by molar-refractivity contribution is 0.607. The van der Waals surface area contributed by atoms with Gasteiger partial charge in [0, 0.05) is 6.20 Å². The number of hydrogen-bond donors (Lipinski definition) is 1. The van der Waals surface area contributed by atoms with E-state index in [1.165, 1.54) is 12.3 Å². The molecular weight excluding hydrogens is 164 g/mol. The Morgan fingerprint density at radius 3 is 2.82 bits per heavy atom. The molecule has 0 spiro atoms. The molecule has 0 atom stereocenters. The van der Waals surface area contributed by atoms with Gasteiger partial charge in [-0.25, -0.2) is 8.42 Å². The van der Waals surface area contributed by atoms with Crippen molar-refractivity contribution in [2.75, 3.05) is 11.0 Å². The van der Waals surface area contributed by atoms with Crippen LogP contribution in [0.1, 0.15) is 0 Å². The first-order valence-electron chi connectivity index (χ1n) is 2.88. The van der Waals surface area contributed by atoms with E-state index in [2.05, 4.69) is 15.9 Å². The molecule has 1 radical (unpaired) electrons. The zero-order valence-electron chi connectivity index (χ0n) is 5.90. The van der Waals surface area contributed by atoms with Crippen molar-refractivity contribution in [1.29, 1.82) is 0 Å². The summed E-state index contributed by atoms with van der Waals surface area (Å²) in [5.74, 6) is 0. The van der Waals surface area contributed by atoms with Crippen LogP contribution in [-0.2, 0) is 10.0 Å². The lowest BCUT2D eigenvalue weighted by Gasteiger charge is -2.00. The predicted molar refractivity (Wildman–Crippen MR) is 41.5 cm³/mol. The van der Waals surface area contributed by atoms with Gasteiger partial charge in [0.15, 0.2) is 0 Å². The SMILES string of the molecule is CS(=O)(=O)Nc1c[c]ncc1. The fraction of sp³-hybridized carbons (Fsp3) is 0.167. The monoisotopic (exact) mass is 171 g/mol. The van der Waals surface area contributed by atoms with Gasteiger partial charge in [0.2, 0.25) is 10.0 Å². The van der Waals surface area contributed by atoms with E-state index < -0.39 is 10.0 Å². The summed E-state index contributed by atoms with van der Waals surface area (Å²) in [7, 11) is -3.17. The van der Waals surface area contributed by atoms with Crippen LogP contribution in [0.3, 0.4) is 0 Å². The fourth-order valence-electron chi connectivity index (χ4n) is 0.593. The predicted octanol–water partition coefficient (Wildman–Crippen LogP) is 0.253. The Morgan fingerprint density at radius 2 is 2.36 bits per heavy atom. The molecule has 1 aromatic rings. The number of sulfonamides is 1. The minimum absolute atomic E-state index is 0.475. The number of nitrogens with one attached hydrogen (secondary N) is 1. The van der Waals surface area contributed by atoms with Gasteiger partial charge < -0.3 is 0 Å². The van der Waals surface area contributed by atoms with Crippen LogP contribution >= 0.6 is 0 Å². The Kier molecular flexibility index (Phi) is 2.09. The van der Waals surface area contributed by atoms with Gasteiger partial charge >= 0.3 is 0 Å². The van der Waals surface area contributed by atoms with Crippen LogP contribution in [0, 0.1) is 6.20 Å². The van der Waals surface area contributed by atoms with Crippen LogP contribution in [0.2, 0.25) is 0 Å². The summed E-state index contributed by atoms with van der Waals surface area (Å²) >= 11 is 0. The number of rotatable bonds is 2. The van der Waals surface area contributed by atoms with Gasteiger partial charge in [0.1, 0.15) is 0 Å². The normalized spacial score (nSPS) is 11.0. The van der Waals surface area contributed by atoms with Crippen molar-refractivity contribution < 1.29 is 8.42 Å². The van der Waals surface area contributed by atoms with Crippen LogP contribution in [0.4, 0.5) is 5.69 Å². The molecule has 0 aliphatic rings. The van der Waals surface area contributed by atoms with Crippen LogP contribution in [0.5, 0.6) is 0 Å². The molecule has 59 valence electrons. The van der Waals surface area contributed by atoms with Gasteiger partial charge in [0.25, 0.3) is 0 Å². The second-order valence-electron chi connectivity index (χ2n) is 2.05. The van der Waals surface area contributed by atoms with Crippen molar-refractivity contribution >= 4 is 15.7 Å². The summed E-state index contributed by atoms with van der Waals surface area (Å²) < 4.78 is 23.6. The first-order valence-corrected chi connectivity index (χ1v) is 4.77. The Hall–Kier alpha value is -1.10. The highest BCUT2D eigenvalue weighted by Gasteiger charge is 1.99. The topological polar surface area (TPSA) is 59.1 Å². The molecule has 1 heterocycles. The van der Waals surface area contributed by atoms with Crippen molar-refractivity contribution in [3.05, 3.63) is 24.5 Å². The van der Waals surface area contributed by atoms with Crippen molar-refractivity contribution in [3.8, 4) is 0 Å². The van der Waals surface area contributed by atoms with E-state index in [-0.39, 0.29) is 0 Å². The largest absolute Gasteiger partial charge is 0.284 e. The molecule has 11 heavy (non-hydrogen) atoms. The van der Waals surface area contributed by atoms with Gasteiger partial charge in [-0.05, 0) is 12.1 Å². The summed E-state index contributed by atoms with van der Waals surface area (Å²) in [6.45, 7) is 0. The molecule has 4 nitrogen and oxygen atoms in total. The minimum atomic E-state index is -3.17. The molecule has 5 heteroatoms. The fourth-order valence-corrected chi connectivity index (χ4v) is 1.15. The molecule has 1 rings (SSSR count). The molecule has 0 fully saturated rings. The van der Waals surface area contributed by atoms with E-state index in [1.807, 2.05) is 0 Å². The maximum Gasteiger partial charge on any atom is 0.229 e. The maximum atomic E-state index is 10.7. The number of aromatic nitrogens is 1. The second-order valence-corrected chi connectivity index (χ2v) is 3.80. The lowest BCUT2D eigenvalue weighted by Crippen LogP contribution is -2.09. The third-order valence-electron chi connectivity index (χ3n) is 0.926. The number of anilines is 1. The second kappa shape index (κ2) is 2.87. The molecule has 0 saturated carbocycles. The Balaban J connectivity index is 2.82. The number of hydrogen-bond acceptors (Lipinski definition) is 3. The average Bonchev–Trinajstić information content (AvgIpc) is 1.85. The van der Waals surface area contributed by atoms with E-state index in [4.69, 9.17) is 0 Å². The summed E-state index contributed by atoms with van der Waals surface area (Å²) in [6, 6.07) is 3.01. The molecule has 0 aromatic carbocycles. The Morgan fingerprint density at radius 1 is 1.64 bits per heavy atom. The first kappa shape index (κ1) is 8.00. The zero-order chi connectivity index (χ0) is 8.32. The van der Waals surface area contributed by atoms with E-state index in [1.54, 1.807) is 6.07 Å². The third kappa shape index (κ3) is 2.99. The molecule has 0 amide bonds. The van der Waals surface area contributed by atoms with Crippen molar-refractivity contribution in [2.24, 2.45) is 0 Å². The van der Waals surface area contributed by atoms with Gasteiger partial charge in [-0.3, -0.25) is 9.71 Å². The van der Waals surface area contributed by atoms with Gasteiger partial charge in [-0.2, -0.15) is 0 Å². The summed E-state index contributed by atoms with van der Waals surface area (Å²) in [4.78, 5) is 3.62. The molecule has 0 aliphatic carbocycles. The molecule has 1 aromatic heterocycles. The lowest BCUT2D eigenvalue weighted by atomic mass is 10.4. The Labute approximate surface area is 65.3 Å². The summed E-state index contributed by atoms with van der Waals surface area (Å²) in [5.41, 5.74) is 0.475. The van der Waals surface area contributed by atoms with E-state index >= 15 is 0 Å². The highest BCUT2D eigenvalue weighted by Crippen LogP contribution is 2.03. The molecule has 0 aliphatic heterocycles. The molecule has 0 saturated heterocycles. The van der Waals surface area contributed by atoms with E-state index in [0.29, 0.717) is 5.69 Å². The number of pyridine rings is 1. The van der Waals surface area contributed by atoms with Crippen LogP contribution < -0.4 is 4.72 Å². The molecule has 0 unspecified atom stereocenters. The summed E-state index contributed by atoms with van der Waals surface area (Å²) in [5, 5.41) is 0.